The molecule has 1 atom stereocenters. The van der Waals surface area contributed by atoms with E-state index in [-0.39, 0.29) is 11.7 Å². The maximum atomic E-state index is 12.5. The van der Waals surface area contributed by atoms with Crippen LogP contribution in [0.15, 0.2) is 59.8 Å². The number of esters is 1. The fourth-order valence-corrected chi connectivity index (χ4v) is 3.73. The van der Waals surface area contributed by atoms with Gasteiger partial charge in [0.05, 0.1) is 23.9 Å². The molecule has 0 radical (unpaired) electrons. The number of nitrogens with one attached hydrogen (secondary N) is 1. The summed E-state index contributed by atoms with van der Waals surface area (Å²) in [5.41, 5.74) is 2.63. The highest BCUT2D eigenvalue weighted by Crippen LogP contribution is 2.24. The van der Waals surface area contributed by atoms with E-state index >= 15 is 0 Å². The number of methoxy groups -OCH3 is 1. The maximum Gasteiger partial charge on any atom is 0.333 e. The lowest BCUT2D eigenvalue weighted by molar-refractivity contribution is -0.145. The van der Waals surface area contributed by atoms with Crippen LogP contribution < -0.4 is 5.32 Å². The Labute approximate surface area is 161 Å². The van der Waals surface area contributed by atoms with Gasteiger partial charge in [0.25, 0.3) is 0 Å². The zero-order chi connectivity index (χ0) is 19.2. The van der Waals surface area contributed by atoms with Crippen LogP contribution in [-0.4, -0.2) is 34.3 Å². The lowest BCUT2D eigenvalue weighted by Gasteiger charge is -2.16. The topological polar surface area (TPSA) is 73.2 Å². The second kappa shape index (κ2) is 8.73. The molecule has 6 nitrogen and oxygen atoms in total. The van der Waals surface area contributed by atoms with Crippen LogP contribution in [0.5, 0.6) is 0 Å². The van der Waals surface area contributed by atoms with E-state index in [4.69, 9.17) is 4.74 Å². The van der Waals surface area contributed by atoms with Crippen LogP contribution in [0.1, 0.15) is 18.5 Å². The normalized spacial score (nSPS) is 11.9. The van der Waals surface area contributed by atoms with Crippen molar-refractivity contribution >= 4 is 34.7 Å². The molecule has 27 heavy (non-hydrogen) atoms. The summed E-state index contributed by atoms with van der Waals surface area (Å²) in [5, 5.41) is 3.53. The number of hydrogen-bond acceptors (Lipinski definition) is 5. The third-order valence-electron chi connectivity index (χ3n) is 4.14. The first-order chi connectivity index (χ1) is 13.1. The van der Waals surface area contributed by atoms with E-state index in [1.54, 1.807) is 12.1 Å². The Morgan fingerprint density at radius 1 is 1.15 bits per heavy atom. The molecular formula is C20H21N3O3S. The number of aryl methyl sites for hydroxylation is 1. The molecule has 2 aromatic carbocycles. The summed E-state index contributed by atoms with van der Waals surface area (Å²) in [6.45, 7) is 2.81. The van der Waals surface area contributed by atoms with Crippen LogP contribution in [0.3, 0.4) is 0 Å². The van der Waals surface area contributed by atoms with Gasteiger partial charge in [-0.3, -0.25) is 4.79 Å². The third kappa shape index (κ3) is 4.31. The highest BCUT2D eigenvalue weighted by atomic mass is 32.2. The summed E-state index contributed by atoms with van der Waals surface area (Å²) >= 11 is 1.35. The van der Waals surface area contributed by atoms with Crippen LogP contribution >= 0.6 is 11.8 Å². The third-order valence-corrected chi connectivity index (χ3v) is 5.12. The number of carbonyl (C=O) groups excluding carboxylic acids is 2. The smallest absolute Gasteiger partial charge is 0.333 e. The Kier molecular flexibility index (Phi) is 6.13. The molecule has 0 aliphatic carbocycles. The molecule has 0 bridgehead atoms. The van der Waals surface area contributed by atoms with Gasteiger partial charge in [0.2, 0.25) is 5.91 Å². The second-order valence-electron chi connectivity index (χ2n) is 5.85. The largest absolute Gasteiger partial charge is 0.467 e. The first-order valence-corrected chi connectivity index (χ1v) is 9.62. The maximum absolute atomic E-state index is 12.5. The summed E-state index contributed by atoms with van der Waals surface area (Å²) in [5.74, 6) is -0.599. The second-order valence-corrected chi connectivity index (χ2v) is 6.79. The minimum Gasteiger partial charge on any atom is -0.467 e. The molecular weight excluding hydrogens is 362 g/mol. The van der Waals surface area contributed by atoms with Gasteiger partial charge in [-0.2, -0.15) is 0 Å². The van der Waals surface area contributed by atoms with Crippen molar-refractivity contribution in [3.8, 4) is 0 Å². The fourth-order valence-electron chi connectivity index (χ4n) is 2.84. The molecule has 7 heteroatoms. The van der Waals surface area contributed by atoms with Crippen molar-refractivity contribution in [2.75, 3.05) is 12.9 Å². The van der Waals surface area contributed by atoms with Crippen molar-refractivity contribution < 1.29 is 14.3 Å². The van der Waals surface area contributed by atoms with Gasteiger partial charge in [-0.05, 0) is 24.6 Å². The quantitative estimate of drug-likeness (QED) is 0.501. The molecule has 1 unspecified atom stereocenters. The zero-order valence-electron chi connectivity index (χ0n) is 15.2. The Balaban J connectivity index is 1.71. The molecule has 140 valence electrons. The van der Waals surface area contributed by atoms with Gasteiger partial charge < -0.3 is 14.6 Å². The predicted octanol–water partition coefficient (Wildman–Crippen LogP) is 3.18. The molecule has 0 saturated carbocycles. The SMILES string of the molecule is CCn1c(SCC(=O)NC(C(=O)OC)c2ccccc2)nc2ccccc21. The number of imidazole rings is 1. The predicted molar refractivity (Wildman–Crippen MR) is 105 cm³/mol. The minimum absolute atomic E-state index is 0.156. The van der Waals surface area contributed by atoms with Crippen LogP contribution in [-0.2, 0) is 20.9 Å². The van der Waals surface area contributed by atoms with Crippen molar-refractivity contribution in [2.24, 2.45) is 0 Å². The number of nitrogens with zero attached hydrogens (tertiary/aromatic N) is 2. The number of carbonyl (C=O) groups is 2. The number of para-hydroxylation sites is 2. The van der Waals surface area contributed by atoms with E-state index in [0.717, 1.165) is 22.7 Å². The van der Waals surface area contributed by atoms with E-state index in [9.17, 15) is 9.59 Å². The number of fused-ring (bicyclic) bond motifs is 1. The van der Waals surface area contributed by atoms with Crippen LogP contribution in [0.25, 0.3) is 11.0 Å². The zero-order valence-corrected chi connectivity index (χ0v) is 16.0. The van der Waals surface area contributed by atoms with Gasteiger partial charge in [0.15, 0.2) is 11.2 Å². The average molecular weight is 383 g/mol. The van der Waals surface area contributed by atoms with Gasteiger partial charge in [-0.25, -0.2) is 9.78 Å². The number of hydrogen-bond donors (Lipinski definition) is 1. The molecule has 1 aromatic heterocycles. The molecule has 0 aliphatic heterocycles. The summed E-state index contributed by atoms with van der Waals surface area (Å²) in [4.78, 5) is 29.1. The minimum atomic E-state index is -0.825. The first kappa shape index (κ1) is 19.0. The number of ether oxygens (including phenoxy) is 1. The van der Waals surface area contributed by atoms with Gasteiger partial charge >= 0.3 is 5.97 Å². The summed E-state index contributed by atoms with van der Waals surface area (Å²) < 4.78 is 6.90. The van der Waals surface area contributed by atoms with Crippen molar-refractivity contribution in [1.29, 1.82) is 0 Å². The molecule has 0 saturated heterocycles. The van der Waals surface area contributed by atoms with Crippen molar-refractivity contribution in [3.05, 3.63) is 60.2 Å². The molecule has 1 amide bonds. The number of rotatable bonds is 7. The standard InChI is InChI=1S/C20H21N3O3S/c1-3-23-16-12-8-7-11-15(16)21-20(23)27-13-17(24)22-18(19(25)26-2)14-9-5-4-6-10-14/h4-12,18H,3,13H2,1-2H3,(H,22,24). The Bertz CT molecular complexity index is 940. The molecule has 0 aliphatic rings. The van der Waals surface area contributed by atoms with Crippen LogP contribution in [0.4, 0.5) is 0 Å². The number of amides is 1. The monoisotopic (exact) mass is 383 g/mol. The highest BCUT2D eigenvalue weighted by Gasteiger charge is 2.23. The van der Waals surface area contributed by atoms with E-state index < -0.39 is 12.0 Å². The molecule has 3 rings (SSSR count). The summed E-state index contributed by atoms with van der Waals surface area (Å²) in [6.07, 6.45) is 0. The molecule has 1 heterocycles. The lowest BCUT2D eigenvalue weighted by atomic mass is 10.1. The summed E-state index contributed by atoms with van der Waals surface area (Å²) in [6, 6.07) is 16.1. The van der Waals surface area contributed by atoms with Gasteiger partial charge in [0.1, 0.15) is 0 Å². The van der Waals surface area contributed by atoms with Crippen molar-refractivity contribution in [1.82, 2.24) is 14.9 Å². The summed E-state index contributed by atoms with van der Waals surface area (Å²) in [7, 11) is 1.31. The van der Waals surface area contributed by atoms with Gasteiger partial charge in [0, 0.05) is 6.54 Å². The number of thioether (sulfide) groups is 1. The number of benzene rings is 2. The first-order valence-electron chi connectivity index (χ1n) is 8.64. The Morgan fingerprint density at radius 2 is 1.85 bits per heavy atom. The molecule has 3 aromatic rings. The van der Waals surface area contributed by atoms with Gasteiger partial charge in [-0.1, -0.05) is 54.2 Å². The molecule has 0 spiro atoms. The Morgan fingerprint density at radius 3 is 2.56 bits per heavy atom. The van der Waals surface area contributed by atoms with Crippen molar-refractivity contribution in [2.45, 2.75) is 24.7 Å². The number of aromatic nitrogens is 2. The van der Waals surface area contributed by atoms with E-state index in [2.05, 4.69) is 14.9 Å². The van der Waals surface area contributed by atoms with Crippen LogP contribution in [0.2, 0.25) is 0 Å². The highest BCUT2D eigenvalue weighted by molar-refractivity contribution is 7.99. The Hall–Kier alpha value is -2.80. The van der Waals surface area contributed by atoms with E-state index in [1.165, 1.54) is 18.9 Å². The molecule has 0 fully saturated rings. The molecule has 1 N–H and O–H groups in total. The lowest BCUT2D eigenvalue weighted by Crippen LogP contribution is -2.35. The average Bonchev–Trinajstić information content (AvgIpc) is 3.08. The van der Waals surface area contributed by atoms with E-state index in [0.29, 0.717) is 5.56 Å². The van der Waals surface area contributed by atoms with Crippen LogP contribution in [0, 0.1) is 0 Å². The fraction of sp³-hybridized carbons (Fsp3) is 0.250. The van der Waals surface area contributed by atoms with E-state index in [1.807, 2.05) is 49.4 Å². The van der Waals surface area contributed by atoms with Gasteiger partial charge in [-0.15, -0.1) is 0 Å². The van der Waals surface area contributed by atoms with Crippen molar-refractivity contribution in [3.63, 3.8) is 0 Å².